The Morgan fingerprint density at radius 2 is 1.92 bits per heavy atom. The van der Waals surface area contributed by atoms with Gasteiger partial charge in [0, 0.05) is 16.6 Å². The van der Waals surface area contributed by atoms with Crippen LogP contribution in [0.1, 0.15) is 25.5 Å². The van der Waals surface area contributed by atoms with E-state index < -0.39 is 12.1 Å². The Balaban J connectivity index is 1.55. The number of carbonyl (C=O) groups excluding carboxylic acids is 2. The second kappa shape index (κ2) is 7.93. The molecule has 1 fully saturated rings. The molecule has 1 aliphatic carbocycles. The molecule has 1 aromatic heterocycles. The minimum Gasteiger partial charge on any atom is -0.460 e. The zero-order chi connectivity index (χ0) is 18.7. The highest BCUT2D eigenvalue weighted by Gasteiger charge is 2.26. The van der Waals surface area contributed by atoms with Crippen LogP contribution in [0.5, 0.6) is 0 Å². The van der Waals surface area contributed by atoms with Crippen molar-refractivity contribution in [3.8, 4) is 11.3 Å². The van der Waals surface area contributed by atoms with Crippen molar-refractivity contribution in [3.63, 3.8) is 0 Å². The molecule has 1 saturated carbocycles. The first-order valence-corrected chi connectivity index (χ1v) is 8.96. The molecule has 0 radical (unpaired) electrons. The first kappa shape index (κ1) is 18.5. The molecule has 0 spiro atoms. The summed E-state index contributed by atoms with van der Waals surface area (Å²) in [6.07, 6.45) is 1.96. The van der Waals surface area contributed by atoms with Crippen molar-refractivity contribution in [1.29, 1.82) is 0 Å². The molecule has 3 amide bonds. The van der Waals surface area contributed by atoms with Crippen LogP contribution < -0.4 is 10.6 Å². The number of amides is 3. The monoisotopic (exact) mass is 375 g/mol. The molecule has 0 bridgehead atoms. The number of hydrogen-bond acceptors (Lipinski definition) is 4. The quantitative estimate of drug-likeness (QED) is 0.811. The molecule has 0 unspecified atom stereocenters. The van der Waals surface area contributed by atoms with Gasteiger partial charge in [-0.25, -0.2) is 4.79 Å². The van der Waals surface area contributed by atoms with Crippen molar-refractivity contribution in [2.45, 2.75) is 38.4 Å². The van der Waals surface area contributed by atoms with E-state index in [1.165, 1.54) is 0 Å². The van der Waals surface area contributed by atoms with E-state index in [2.05, 4.69) is 10.6 Å². The van der Waals surface area contributed by atoms with E-state index in [0.29, 0.717) is 11.6 Å². The molecule has 7 heteroatoms. The molecule has 138 valence electrons. The lowest BCUT2D eigenvalue weighted by Crippen LogP contribution is -2.48. The van der Waals surface area contributed by atoms with Crippen molar-refractivity contribution in [2.24, 2.45) is 0 Å². The molecule has 0 aliphatic heterocycles. The summed E-state index contributed by atoms with van der Waals surface area (Å²) in [7, 11) is 1.81. The van der Waals surface area contributed by atoms with E-state index in [1.54, 1.807) is 6.92 Å². The van der Waals surface area contributed by atoms with E-state index in [0.717, 1.165) is 29.9 Å². The van der Waals surface area contributed by atoms with Crippen LogP contribution in [-0.4, -0.2) is 36.0 Å². The first-order valence-electron chi connectivity index (χ1n) is 8.58. The largest absolute Gasteiger partial charge is 0.460 e. The Labute approximate surface area is 157 Å². The van der Waals surface area contributed by atoms with Crippen molar-refractivity contribution in [2.75, 3.05) is 7.05 Å². The molecule has 1 aromatic carbocycles. The number of urea groups is 1. The van der Waals surface area contributed by atoms with E-state index >= 15 is 0 Å². The van der Waals surface area contributed by atoms with Gasteiger partial charge in [0.1, 0.15) is 11.5 Å². The number of nitrogens with zero attached hydrogens (tertiary/aromatic N) is 1. The van der Waals surface area contributed by atoms with Gasteiger partial charge >= 0.3 is 6.03 Å². The molecule has 2 aromatic rings. The van der Waals surface area contributed by atoms with Crippen LogP contribution in [0.4, 0.5) is 4.79 Å². The van der Waals surface area contributed by atoms with Gasteiger partial charge in [0.05, 0.1) is 12.6 Å². The summed E-state index contributed by atoms with van der Waals surface area (Å²) in [5, 5.41) is 5.79. The zero-order valence-corrected chi connectivity index (χ0v) is 15.5. The third-order valence-corrected chi connectivity index (χ3v) is 4.64. The third-order valence-electron chi connectivity index (χ3n) is 4.39. The van der Waals surface area contributed by atoms with Gasteiger partial charge in [0.25, 0.3) is 0 Å². The molecular weight excluding hydrogens is 354 g/mol. The fraction of sp³-hybridized carbons (Fsp3) is 0.368. The first-order chi connectivity index (χ1) is 12.4. The van der Waals surface area contributed by atoms with Gasteiger partial charge in [-0.15, -0.1) is 0 Å². The van der Waals surface area contributed by atoms with Crippen LogP contribution in [0.2, 0.25) is 5.02 Å². The van der Waals surface area contributed by atoms with Crippen molar-refractivity contribution < 1.29 is 14.0 Å². The van der Waals surface area contributed by atoms with Gasteiger partial charge in [0.2, 0.25) is 5.91 Å². The van der Waals surface area contributed by atoms with Gasteiger partial charge in [-0.1, -0.05) is 11.6 Å². The average molecular weight is 376 g/mol. The lowest BCUT2D eigenvalue weighted by molar-refractivity contribution is -0.124. The maximum atomic E-state index is 12.2. The normalized spacial score (nSPS) is 14.9. The Morgan fingerprint density at radius 3 is 2.58 bits per heavy atom. The van der Waals surface area contributed by atoms with Crippen LogP contribution in [0.3, 0.4) is 0 Å². The van der Waals surface area contributed by atoms with Gasteiger partial charge in [-0.3, -0.25) is 15.0 Å². The average Bonchev–Trinajstić information content (AvgIpc) is 3.29. The predicted molar refractivity (Wildman–Crippen MR) is 99.8 cm³/mol. The number of halogens is 1. The van der Waals surface area contributed by atoms with Crippen molar-refractivity contribution in [1.82, 2.24) is 15.5 Å². The molecule has 6 nitrogen and oxygen atoms in total. The second-order valence-electron chi connectivity index (χ2n) is 6.60. The SMILES string of the molecule is C[C@@H](C(=O)NC(=O)NC1CC1)N(C)Cc1ccc(-c2ccc(Cl)cc2)o1. The smallest absolute Gasteiger partial charge is 0.321 e. The summed E-state index contributed by atoms with van der Waals surface area (Å²) < 4.78 is 5.86. The van der Waals surface area contributed by atoms with Crippen LogP contribution in [0.25, 0.3) is 11.3 Å². The van der Waals surface area contributed by atoms with E-state index in [1.807, 2.05) is 48.3 Å². The van der Waals surface area contributed by atoms with Gasteiger partial charge in [-0.05, 0) is 63.2 Å². The maximum Gasteiger partial charge on any atom is 0.321 e. The Bertz CT molecular complexity index is 784. The number of benzene rings is 1. The van der Waals surface area contributed by atoms with E-state index in [9.17, 15) is 9.59 Å². The fourth-order valence-corrected chi connectivity index (χ4v) is 2.61. The summed E-state index contributed by atoms with van der Waals surface area (Å²) in [5.74, 6) is 1.14. The highest BCUT2D eigenvalue weighted by atomic mass is 35.5. The number of furan rings is 1. The van der Waals surface area contributed by atoms with Gasteiger partial charge in [0.15, 0.2) is 0 Å². The minimum absolute atomic E-state index is 0.213. The molecular formula is C19H22ClN3O3. The molecule has 26 heavy (non-hydrogen) atoms. The highest BCUT2D eigenvalue weighted by Crippen LogP contribution is 2.24. The molecule has 1 atom stereocenters. The number of hydrogen-bond donors (Lipinski definition) is 2. The molecule has 3 rings (SSSR count). The number of nitrogens with one attached hydrogen (secondary N) is 2. The Hall–Kier alpha value is -2.31. The van der Waals surface area contributed by atoms with Crippen LogP contribution >= 0.6 is 11.6 Å². The Morgan fingerprint density at radius 1 is 1.23 bits per heavy atom. The van der Waals surface area contributed by atoms with Crippen molar-refractivity contribution >= 4 is 23.5 Å². The molecule has 1 heterocycles. The number of imide groups is 1. The summed E-state index contributed by atoms with van der Waals surface area (Å²) in [6, 6.07) is 10.5. The summed E-state index contributed by atoms with van der Waals surface area (Å²) in [4.78, 5) is 25.7. The van der Waals surface area contributed by atoms with Crippen LogP contribution in [0, 0.1) is 0 Å². The van der Waals surface area contributed by atoms with Crippen LogP contribution in [-0.2, 0) is 11.3 Å². The van der Waals surface area contributed by atoms with E-state index in [-0.39, 0.29) is 11.9 Å². The number of carbonyl (C=O) groups is 2. The van der Waals surface area contributed by atoms with Crippen LogP contribution in [0.15, 0.2) is 40.8 Å². The lowest BCUT2D eigenvalue weighted by atomic mass is 10.2. The summed E-state index contributed by atoms with van der Waals surface area (Å²) in [6.45, 7) is 2.20. The highest BCUT2D eigenvalue weighted by molar-refractivity contribution is 6.30. The third kappa shape index (κ3) is 4.86. The summed E-state index contributed by atoms with van der Waals surface area (Å²) >= 11 is 5.90. The van der Waals surface area contributed by atoms with Gasteiger partial charge < -0.3 is 9.73 Å². The Kier molecular flexibility index (Phi) is 5.64. The zero-order valence-electron chi connectivity index (χ0n) is 14.8. The summed E-state index contributed by atoms with van der Waals surface area (Å²) in [5.41, 5.74) is 0.936. The minimum atomic E-state index is -0.468. The number of rotatable bonds is 6. The number of likely N-dealkylation sites (N-methyl/N-ethyl adjacent to an activating group) is 1. The van der Waals surface area contributed by atoms with E-state index in [4.69, 9.17) is 16.0 Å². The molecule has 0 saturated heterocycles. The molecule has 1 aliphatic rings. The van der Waals surface area contributed by atoms with Crippen molar-refractivity contribution in [3.05, 3.63) is 47.2 Å². The fourth-order valence-electron chi connectivity index (χ4n) is 2.48. The maximum absolute atomic E-state index is 12.2. The standard InChI is InChI=1S/C19H22ClN3O3/c1-12(18(24)22-19(25)21-15-7-8-15)23(2)11-16-9-10-17(26-16)13-3-5-14(20)6-4-13/h3-6,9-10,12,15H,7-8,11H2,1-2H3,(H2,21,22,24,25)/t12-/m0/s1. The molecule has 2 N–H and O–H groups in total. The lowest BCUT2D eigenvalue weighted by Gasteiger charge is -2.22. The predicted octanol–water partition coefficient (Wildman–Crippen LogP) is 3.41. The van der Waals surface area contributed by atoms with Gasteiger partial charge in [-0.2, -0.15) is 0 Å². The second-order valence-corrected chi connectivity index (χ2v) is 7.04. The topological polar surface area (TPSA) is 74.6 Å².